The molecular formula is C11H10F2N4O2. The summed E-state index contributed by atoms with van der Waals surface area (Å²) in [6.45, 7) is 1.81. The van der Waals surface area contributed by atoms with Crippen molar-refractivity contribution in [1.29, 1.82) is 0 Å². The number of carbonyl (C=O) groups excluding carboxylic acids is 1. The molecule has 0 aliphatic carbocycles. The summed E-state index contributed by atoms with van der Waals surface area (Å²) in [6.07, 6.45) is 0. The van der Waals surface area contributed by atoms with Crippen LogP contribution in [0.25, 0.3) is 11.4 Å². The molecule has 0 unspecified atom stereocenters. The summed E-state index contributed by atoms with van der Waals surface area (Å²) in [4.78, 5) is 15.1. The number of hydrogen-bond donors (Lipinski definition) is 2. The van der Waals surface area contributed by atoms with Gasteiger partial charge >= 0.3 is 5.97 Å². The van der Waals surface area contributed by atoms with E-state index in [1.807, 2.05) is 0 Å². The molecule has 0 spiro atoms. The minimum absolute atomic E-state index is 0.104. The lowest BCUT2D eigenvalue weighted by Gasteiger charge is -2.01. The quantitative estimate of drug-likeness (QED) is 0.650. The molecule has 0 atom stereocenters. The number of ether oxygens (including phenoxy) is 1. The molecule has 2 aromatic rings. The number of nitrogens with zero attached hydrogens (tertiary/aromatic N) is 2. The summed E-state index contributed by atoms with van der Waals surface area (Å²) in [7, 11) is 0. The monoisotopic (exact) mass is 268 g/mol. The molecule has 8 heteroatoms. The van der Waals surface area contributed by atoms with E-state index in [1.54, 1.807) is 6.92 Å². The first-order valence-corrected chi connectivity index (χ1v) is 5.37. The van der Waals surface area contributed by atoms with Crippen LogP contribution < -0.4 is 5.73 Å². The normalized spacial score (nSPS) is 10.5. The minimum atomic E-state index is -0.874. The molecule has 3 N–H and O–H groups in total. The van der Waals surface area contributed by atoms with Gasteiger partial charge in [-0.15, -0.1) is 0 Å². The fourth-order valence-electron chi connectivity index (χ4n) is 1.41. The van der Waals surface area contributed by atoms with E-state index in [0.717, 1.165) is 6.07 Å². The van der Waals surface area contributed by atoms with Gasteiger partial charge in [-0.25, -0.2) is 18.6 Å². The van der Waals surface area contributed by atoms with Gasteiger partial charge in [0, 0.05) is 6.07 Å². The zero-order valence-electron chi connectivity index (χ0n) is 9.91. The van der Waals surface area contributed by atoms with E-state index in [9.17, 15) is 13.6 Å². The maximum atomic E-state index is 13.6. The number of anilines is 1. The van der Waals surface area contributed by atoms with Gasteiger partial charge in [0.05, 0.1) is 17.9 Å². The van der Waals surface area contributed by atoms with Gasteiger partial charge in [-0.2, -0.15) is 5.10 Å². The van der Waals surface area contributed by atoms with Crippen molar-refractivity contribution in [3.8, 4) is 11.4 Å². The number of aromatic nitrogens is 3. The summed E-state index contributed by atoms with van der Waals surface area (Å²) < 4.78 is 31.3. The molecule has 0 aliphatic rings. The highest BCUT2D eigenvalue weighted by Gasteiger charge is 2.17. The molecule has 2 rings (SSSR count). The minimum Gasteiger partial charge on any atom is -0.460 e. The van der Waals surface area contributed by atoms with E-state index >= 15 is 0 Å². The van der Waals surface area contributed by atoms with Crippen LogP contribution in [0.15, 0.2) is 12.1 Å². The molecule has 19 heavy (non-hydrogen) atoms. The van der Waals surface area contributed by atoms with Crippen molar-refractivity contribution in [2.45, 2.75) is 6.92 Å². The van der Waals surface area contributed by atoms with Crippen molar-refractivity contribution < 1.29 is 18.3 Å². The first-order valence-electron chi connectivity index (χ1n) is 5.37. The third-order valence-electron chi connectivity index (χ3n) is 2.28. The molecule has 1 aromatic carbocycles. The molecule has 100 valence electrons. The molecule has 0 fully saturated rings. The van der Waals surface area contributed by atoms with Crippen LogP contribution in [-0.2, 0) is 4.74 Å². The third kappa shape index (κ3) is 2.51. The molecule has 0 saturated heterocycles. The Labute approximate surface area is 106 Å². The molecule has 1 heterocycles. The molecule has 0 amide bonds. The highest BCUT2D eigenvalue weighted by atomic mass is 19.1. The fraction of sp³-hybridized carbons (Fsp3) is 0.182. The topological polar surface area (TPSA) is 93.9 Å². The highest BCUT2D eigenvalue weighted by molar-refractivity contribution is 5.85. The predicted octanol–water partition coefficient (Wildman–Crippen LogP) is 1.51. The first kappa shape index (κ1) is 12.9. The second kappa shape index (κ2) is 5.01. The Morgan fingerprint density at radius 1 is 1.42 bits per heavy atom. The molecule has 1 aromatic heterocycles. The number of carbonyl (C=O) groups is 1. The smallest absolute Gasteiger partial charge is 0.375 e. The van der Waals surface area contributed by atoms with Crippen LogP contribution >= 0.6 is 0 Å². The largest absolute Gasteiger partial charge is 0.460 e. The number of H-pyrrole nitrogens is 1. The Morgan fingerprint density at radius 2 is 2.16 bits per heavy atom. The number of esters is 1. The molecule has 0 radical (unpaired) electrons. The molecule has 6 nitrogen and oxygen atoms in total. The zero-order chi connectivity index (χ0) is 14.0. The Balaban J connectivity index is 2.38. The summed E-state index contributed by atoms with van der Waals surface area (Å²) in [5.41, 5.74) is 5.00. The van der Waals surface area contributed by atoms with E-state index < -0.39 is 17.6 Å². The van der Waals surface area contributed by atoms with Crippen LogP contribution in [0.5, 0.6) is 0 Å². The SMILES string of the molecule is CCOC(=O)c1nc(-c2cc(N)c(F)cc2F)n[nH]1. The zero-order valence-corrected chi connectivity index (χ0v) is 9.91. The maximum Gasteiger partial charge on any atom is 0.375 e. The Hall–Kier alpha value is -2.51. The number of nitrogens with one attached hydrogen (secondary N) is 1. The van der Waals surface area contributed by atoms with Crippen molar-refractivity contribution in [3.63, 3.8) is 0 Å². The summed E-state index contributed by atoms with van der Waals surface area (Å²) in [6, 6.07) is 1.69. The second-order valence-electron chi connectivity index (χ2n) is 3.58. The van der Waals surface area contributed by atoms with Crippen LogP contribution in [0.1, 0.15) is 17.5 Å². The van der Waals surface area contributed by atoms with Crippen LogP contribution in [-0.4, -0.2) is 27.8 Å². The van der Waals surface area contributed by atoms with Crippen molar-refractivity contribution in [2.24, 2.45) is 0 Å². The Kier molecular flexibility index (Phi) is 3.41. The maximum absolute atomic E-state index is 13.6. The number of rotatable bonds is 3. The molecule has 0 bridgehead atoms. The number of nitrogens with two attached hydrogens (primary N) is 1. The Bertz CT molecular complexity index is 627. The van der Waals surface area contributed by atoms with Crippen molar-refractivity contribution >= 4 is 11.7 Å². The average Bonchev–Trinajstić information content (AvgIpc) is 2.83. The van der Waals surface area contributed by atoms with Gasteiger partial charge in [-0.3, -0.25) is 5.10 Å². The first-order chi connectivity index (χ1) is 9.02. The van der Waals surface area contributed by atoms with E-state index in [2.05, 4.69) is 15.2 Å². The van der Waals surface area contributed by atoms with Crippen LogP contribution in [0, 0.1) is 11.6 Å². The standard InChI is InChI=1S/C11H10F2N4O2/c1-2-19-11(18)10-15-9(16-17-10)5-3-8(14)7(13)4-6(5)12/h3-4H,2,14H2,1H3,(H,15,16,17). The predicted molar refractivity (Wildman–Crippen MR) is 62.1 cm³/mol. The lowest BCUT2D eigenvalue weighted by atomic mass is 10.1. The lowest BCUT2D eigenvalue weighted by Crippen LogP contribution is -2.06. The summed E-state index contributed by atoms with van der Waals surface area (Å²) >= 11 is 0. The van der Waals surface area contributed by atoms with Gasteiger partial charge in [-0.05, 0) is 13.0 Å². The van der Waals surface area contributed by atoms with Gasteiger partial charge in [-0.1, -0.05) is 0 Å². The third-order valence-corrected chi connectivity index (χ3v) is 2.28. The summed E-state index contributed by atoms with van der Waals surface area (Å²) in [5.74, 6) is -2.73. The van der Waals surface area contributed by atoms with Gasteiger partial charge in [0.1, 0.15) is 11.6 Å². The van der Waals surface area contributed by atoms with E-state index in [0.29, 0.717) is 6.07 Å². The van der Waals surface area contributed by atoms with Gasteiger partial charge in [0.15, 0.2) is 5.82 Å². The van der Waals surface area contributed by atoms with Crippen LogP contribution in [0.3, 0.4) is 0 Å². The summed E-state index contributed by atoms with van der Waals surface area (Å²) in [5, 5.41) is 5.98. The van der Waals surface area contributed by atoms with Gasteiger partial charge in [0.2, 0.25) is 5.82 Å². The number of benzene rings is 1. The molecular weight excluding hydrogens is 258 g/mol. The van der Waals surface area contributed by atoms with Crippen molar-refractivity contribution in [1.82, 2.24) is 15.2 Å². The number of halogens is 2. The molecule has 0 aliphatic heterocycles. The second-order valence-corrected chi connectivity index (χ2v) is 3.58. The van der Waals surface area contributed by atoms with E-state index in [4.69, 9.17) is 10.5 Å². The van der Waals surface area contributed by atoms with E-state index in [-0.39, 0.29) is 29.5 Å². The average molecular weight is 268 g/mol. The van der Waals surface area contributed by atoms with Crippen molar-refractivity contribution in [2.75, 3.05) is 12.3 Å². The van der Waals surface area contributed by atoms with Gasteiger partial charge < -0.3 is 10.5 Å². The van der Waals surface area contributed by atoms with Crippen LogP contribution in [0.4, 0.5) is 14.5 Å². The molecule has 0 saturated carbocycles. The number of aromatic amines is 1. The number of nitrogen functional groups attached to an aromatic ring is 1. The fourth-order valence-corrected chi connectivity index (χ4v) is 1.41. The Morgan fingerprint density at radius 3 is 2.84 bits per heavy atom. The van der Waals surface area contributed by atoms with Gasteiger partial charge in [0.25, 0.3) is 0 Å². The van der Waals surface area contributed by atoms with E-state index in [1.165, 1.54) is 0 Å². The highest BCUT2D eigenvalue weighted by Crippen LogP contribution is 2.24. The number of hydrogen-bond acceptors (Lipinski definition) is 5. The van der Waals surface area contributed by atoms with Crippen molar-refractivity contribution in [3.05, 3.63) is 29.6 Å². The lowest BCUT2D eigenvalue weighted by molar-refractivity contribution is 0.0512. The van der Waals surface area contributed by atoms with Crippen LogP contribution in [0.2, 0.25) is 0 Å².